The van der Waals surface area contributed by atoms with Crippen molar-refractivity contribution in [2.75, 3.05) is 0 Å². The summed E-state index contributed by atoms with van der Waals surface area (Å²) in [5.74, 6) is 5.65. The van der Waals surface area contributed by atoms with Crippen LogP contribution in [0.25, 0.3) is 0 Å². The molecule has 2 heterocycles. The molecule has 1 atom stereocenters. The molecular formula is C13H18ClN5. The Labute approximate surface area is 117 Å². The molecule has 2 rings (SSSR count). The van der Waals surface area contributed by atoms with Gasteiger partial charge in [-0.1, -0.05) is 17.7 Å². The van der Waals surface area contributed by atoms with E-state index < -0.39 is 0 Å². The van der Waals surface area contributed by atoms with Crippen LogP contribution < -0.4 is 11.3 Å². The summed E-state index contributed by atoms with van der Waals surface area (Å²) in [5.41, 5.74) is 6.58. The number of aromatic nitrogens is 3. The van der Waals surface area contributed by atoms with Crippen LogP contribution in [0.3, 0.4) is 0 Å². The van der Waals surface area contributed by atoms with Crippen LogP contribution >= 0.6 is 11.6 Å². The summed E-state index contributed by atoms with van der Waals surface area (Å²) in [6.45, 7) is 3.90. The summed E-state index contributed by atoms with van der Waals surface area (Å²) in [7, 11) is 1.83. The second-order valence-electron chi connectivity index (χ2n) is 4.61. The van der Waals surface area contributed by atoms with E-state index in [1.54, 1.807) is 4.68 Å². The third-order valence-electron chi connectivity index (χ3n) is 3.15. The summed E-state index contributed by atoms with van der Waals surface area (Å²) in [5, 5.41) is 4.95. The third-order valence-corrected chi connectivity index (χ3v) is 3.62. The minimum absolute atomic E-state index is 0.0831. The fourth-order valence-corrected chi connectivity index (χ4v) is 2.37. The predicted octanol–water partition coefficient (Wildman–Crippen LogP) is 1.83. The Kier molecular flexibility index (Phi) is 4.19. The van der Waals surface area contributed by atoms with E-state index >= 15 is 0 Å². The molecule has 0 fully saturated rings. The van der Waals surface area contributed by atoms with Gasteiger partial charge in [-0.3, -0.25) is 20.9 Å². The van der Waals surface area contributed by atoms with Crippen molar-refractivity contribution in [3.8, 4) is 0 Å². The van der Waals surface area contributed by atoms with Gasteiger partial charge in [0.05, 0.1) is 17.4 Å². The molecule has 0 saturated carbocycles. The minimum atomic E-state index is -0.0831. The lowest BCUT2D eigenvalue weighted by atomic mass is 10.0. The molecule has 3 N–H and O–H groups in total. The maximum Gasteiger partial charge on any atom is 0.130 e. The van der Waals surface area contributed by atoms with E-state index in [-0.39, 0.29) is 6.04 Å². The van der Waals surface area contributed by atoms with Crippen molar-refractivity contribution in [2.45, 2.75) is 26.3 Å². The Hall–Kier alpha value is -1.43. The van der Waals surface area contributed by atoms with Gasteiger partial charge in [-0.05, 0) is 32.4 Å². The quantitative estimate of drug-likeness (QED) is 0.662. The number of hydrogen-bond acceptors (Lipinski definition) is 4. The molecule has 19 heavy (non-hydrogen) atoms. The SMILES string of the molecule is Cc1cccc(C(Cc2c(C)nn(C)c2Cl)NN)n1. The summed E-state index contributed by atoms with van der Waals surface area (Å²) in [6.07, 6.45) is 0.658. The van der Waals surface area contributed by atoms with Gasteiger partial charge in [0.2, 0.25) is 0 Å². The van der Waals surface area contributed by atoms with E-state index in [1.165, 1.54) is 0 Å². The van der Waals surface area contributed by atoms with Gasteiger partial charge in [0.15, 0.2) is 0 Å². The molecule has 0 spiro atoms. The van der Waals surface area contributed by atoms with Crippen molar-refractivity contribution in [2.24, 2.45) is 12.9 Å². The Balaban J connectivity index is 2.29. The Morgan fingerprint density at radius 1 is 1.42 bits per heavy atom. The molecule has 0 saturated heterocycles. The first-order valence-electron chi connectivity index (χ1n) is 6.10. The summed E-state index contributed by atoms with van der Waals surface area (Å²) < 4.78 is 1.67. The van der Waals surface area contributed by atoms with Crippen molar-refractivity contribution in [3.63, 3.8) is 0 Å². The van der Waals surface area contributed by atoms with Crippen LogP contribution in [0.1, 0.15) is 28.7 Å². The normalized spacial score (nSPS) is 12.7. The number of nitrogens with two attached hydrogens (primary N) is 1. The lowest BCUT2D eigenvalue weighted by Gasteiger charge is -2.15. The van der Waals surface area contributed by atoms with Crippen LogP contribution in [-0.4, -0.2) is 14.8 Å². The van der Waals surface area contributed by atoms with Crippen molar-refractivity contribution >= 4 is 11.6 Å². The lowest BCUT2D eigenvalue weighted by Crippen LogP contribution is -2.30. The average Bonchev–Trinajstić information content (AvgIpc) is 2.61. The van der Waals surface area contributed by atoms with E-state index in [1.807, 2.05) is 39.1 Å². The highest BCUT2D eigenvalue weighted by Gasteiger charge is 2.18. The van der Waals surface area contributed by atoms with Crippen molar-refractivity contribution in [1.29, 1.82) is 0 Å². The van der Waals surface area contributed by atoms with Gasteiger partial charge in [0.1, 0.15) is 5.15 Å². The highest BCUT2D eigenvalue weighted by Crippen LogP contribution is 2.24. The monoisotopic (exact) mass is 279 g/mol. The molecule has 0 aliphatic carbocycles. The zero-order valence-electron chi connectivity index (χ0n) is 11.3. The molecular weight excluding hydrogens is 262 g/mol. The molecule has 2 aromatic rings. The Bertz CT molecular complexity index is 578. The molecule has 0 bridgehead atoms. The van der Waals surface area contributed by atoms with Crippen LogP contribution in [0.5, 0.6) is 0 Å². The third kappa shape index (κ3) is 2.94. The second kappa shape index (κ2) is 5.69. The highest BCUT2D eigenvalue weighted by molar-refractivity contribution is 6.30. The van der Waals surface area contributed by atoms with Crippen LogP contribution in [-0.2, 0) is 13.5 Å². The number of nitrogens with zero attached hydrogens (tertiary/aromatic N) is 3. The maximum atomic E-state index is 6.25. The van der Waals surface area contributed by atoms with Gasteiger partial charge >= 0.3 is 0 Å². The standard InChI is InChI=1S/C13H18ClN5/c1-8-5-4-6-11(16-8)12(17-15)7-10-9(2)18-19(3)13(10)14/h4-6,12,17H,7,15H2,1-3H3. The number of pyridine rings is 1. The summed E-state index contributed by atoms with van der Waals surface area (Å²) in [6, 6.07) is 5.80. The van der Waals surface area contributed by atoms with Crippen LogP contribution in [0, 0.1) is 13.8 Å². The molecule has 1 unspecified atom stereocenters. The number of rotatable bonds is 4. The molecule has 5 nitrogen and oxygen atoms in total. The first-order chi connectivity index (χ1) is 9.02. The van der Waals surface area contributed by atoms with Gasteiger partial charge < -0.3 is 0 Å². The maximum absolute atomic E-state index is 6.25. The van der Waals surface area contributed by atoms with Gasteiger partial charge in [-0.25, -0.2) is 0 Å². The molecule has 0 aliphatic rings. The van der Waals surface area contributed by atoms with Gasteiger partial charge in [0.25, 0.3) is 0 Å². The number of halogens is 1. The van der Waals surface area contributed by atoms with Crippen LogP contribution in [0.4, 0.5) is 0 Å². The molecule has 2 aromatic heterocycles. The van der Waals surface area contributed by atoms with Gasteiger partial charge in [0, 0.05) is 18.3 Å². The molecule has 0 amide bonds. The van der Waals surface area contributed by atoms with Crippen molar-refractivity contribution in [1.82, 2.24) is 20.2 Å². The molecule has 0 radical (unpaired) electrons. The Morgan fingerprint density at radius 2 is 2.16 bits per heavy atom. The highest BCUT2D eigenvalue weighted by atomic mass is 35.5. The lowest BCUT2D eigenvalue weighted by molar-refractivity contribution is 0.536. The molecule has 6 heteroatoms. The number of hydrogen-bond donors (Lipinski definition) is 2. The minimum Gasteiger partial charge on any atom is -0.271 e. The Morgan fingerprint density at radius 3 is 2.68 bits per heavy atom. The molecule has 0 aliphatic heterocycles. The molecule has 0 aromatic carbocycles. The fraction of sp³-hybridized carbons (Fsp3) is 0.385. The number of aryl methyl sites for hydroxylation is 3. The average molecular weight is 280 g/mol. The van der Waals surface area contributed by atoms with Crippen LogP contribution in [0.15, 0.2) is 18.2 Å². The summed E-state index contributed by atoms with van der Waals surface area (Å²) in [4.78, 5) is 4.49. The predicted molar refractivity (Wildman–Crippen MR) is 75.7 cm³/mol. The number of hydrazine groups is 1. The summed E-state index contributed by atoms with van der Waals surface area (Å²) >= 11 is 6.25. The zero-order valence-corrected chi connectivity index (χ0v) is 12.1. The van der Waals surface area contributed by atoms with E-state index in [0.29, 0.717) is 11.6 Å². The smallest absolute Gasteiger partial charge is 0.130 e. The first kappa shape index (κ1) is 14.0. The van der Waals surface area contributed by atoms with E-state index in [0.717, 1.165) is 22.6 Å². The zero-order chi connectivity index (χ0) is 14.0. The topological polar surface area (TPSA) is 68.8 Å². The second-order valence-corrected chi connectivity index (χ2v) is 4.96. The number of nitrogens with one attached hydrogen (secondary N) is 1. The fourth-order valence-electron chi connectivity index (χ4n) is 2.12. The largest absolute Gasteiger partial charge is 0.271 e. The van der Waals surface area contributed by atoms with E-state index in [4.69, 9.17) is 17.4 Å². The van der Waals surface area contributed by atoms with Crippen molar-refractivity contribution < 1.29 is 0 Å². The van der Waals surface area contributed by atoms with Crippen LogP contribution in [0.2, 0.25) is 5.15 Å². The molecule has 102 valence electrons. The van der Waals surface area contributed by atoms with E-state index in [2.05, 4.69) is 15.5 Å². The van der Waals surface area contributed by atoms with Gasteiger partial charge in [-0.15, -0.1) is 0 Å². The first-order valence-corrected chi connectivity index (χ1v) is 6.48. The van der Waals surface area contributed by atoms with Gasteiger partial charge in [-0.2, -0.15) is 5.10 Å². The van der Waals surface area contributed by atoms with Crippen molar-refractivity contribution in [3.05, 3.63) is 46.0 Å². The van der Waals surface area contributed by atoms with E-state index in [9.17, 15) is 0 Å².